The zero-order valence-corrected chi connectivity index (χ0v) is 19.9. The molecular formula is C25H24IN3O3. The number of aromatic nitrogens is 1. The van der Waals surface area contributed by atoms with Crippen LogP contribution >= 0.6 is 22.6 Å². The van der Waals surface area contributed by atoms with E-state index in [0.717, 1.165) is 20.0 Å². The van der Waals surface area contributed by atoms with Gasteiger partial charge in [0.1, 0.15) is 18.2 Å². The molecule has 0 saturated heterocycles. The number of fused-ring (bicyclic) bond motifs is 1. The van der Waals surface area contributed by atoms with Crippen LogP contribution in [-0.4, -0.2) is 30.6 Å². The highest BCUT2D eigenvalue weighted by Gasteiger charge is 2.14. The van der Waals surface area contributed by atoms with Gasteiger partial charge in [0.25, 0.3) is 5.91 Å². The summed E-state index contributed by atoms with van der Waals surface area (Å²) in [5, 5.41) is 13.5. The van der Waals surface area contributed by atoms with Crippen molar-refractivity contribution >= 4 is 45.5 Å². The molecule has 6 nitrogen and oxygen atoms in total. The minimum absolute atomic E-state index is 0.0296. The van der Waals surface area contributed by atoms with Crippen molar-refractivity contribution in [1.29, 1.82) is 5.26 Å². The minimum atomic E-state index is -0.410. The molecule has 0 aliphatic heterocycles. The lowest BCUT2D eigenvalue weighted by Crippen LogP contribution is -2.26. The molecule has 0 unspecified atom stereocenters. The maximum Gasteiger partial charge on any atom is 0.261 e. The minimum Gasteiger partial charge on any atom is -0.490 e. The molecule has 3 rings (SSSR count). The van der Waals surface area contributed by atoms with Crippen molar-refractivity contribution in [3.63, 3.8) is 0 Å². The first kappa shape index (κ1) is 23.4. The molecule has 164 valence electrons. The Morgan fingerprint density at radius 2 is 2.12 bits per heavy atom. The molecule has 0 aliphatic rings. The summed E-state index contributed by atoms with van der Waals surface area (Å²) in [5.74, 6) is 0.767. The van der Waals surface area contributed by atoms with Crippen LogP contribution in [0.4, 0.5) is 0 Å². The van der Waals surface area contributed by atoms with Crippen molar-refractivity contribution in [2.45, 2.75) is 13.3 Å². The van der Waals surface area contributed by atoms with Crippen molar-refractivity contribution in [3.05, 3.63) is 75.5 Å². The van der Waals surface area contributed by atoms with Gasteiger partial charge in [0.15, 0.2) is 11.5 Å². The maximum absolute atomic E-state index is 12.6. The first-order chi connectivity index (χ1) is 15.6. The molecule has 3 aromatic rings. The van der Waals surface area contributed by atoms with Crippen LogP contribution in [-0.2, 0) is 11.2 Å². The van der Waals surface area contributed by atoms with Crippen LogP contribution in [0.1, 0.15) is 18.1 Å². The number of carbonyl (C=O) groups excluding carboxylic acids is 1. The molecule has 0 spiro atoms. The van der Waals surface area contributed by atoms with E-state index >= 15 is 0 Å². The van der Waals surface area contributed by atoms with Gasteiger partial charge in [-0.1, -0.05) is 30.9 Å². The Kier molecular flexibility index (Phi) is 8.34. The van der Waals surface area contributed by atoms with E-state index in [1.807, 2.05) is 49.5 Å². The van der Waals surface area contributed by atoms with Crippen molar-refractivity contribution in [2.24, 2.45) is 0 Å². The Bertz CT molecular complexity index is 1190. The van der Waals surface area contributed by atoms with E-state index < -0.39 is 5.91 Å². The molecule has 1 aromatic heterocycles. The average molecular weight is 541 g/mol. The third-order valence-electron chi connectivity index (χ3n) is 4.71. The standard InChI is InChI=1S/C25H24IN3O3/c1-3-11-32-24-21(26)13-17(14-23(24)31-4-2)12-19(15-27)25(30)28-10-9-18-16-29-22-8-6-5-7-20(18)22/h3,5-8,12-14,16,29H,1,4,9-11H2,2H3,(H,28,30)/b19-12-. The highest BCUT2D eigenvalue weighted by molar-refractivity contribution is 14.1. The largest absolute Gasteiger partial charge is 0.490 e. The van der Waals surface area contributed by atoms with Crippen LogP contribution in [0, 0.1) is 14.9 Å². The molecule has 0 aliphatic carbocycles. The van der Waals surface area contributed by atoms with Gasteiger partial charge < -0.3 is 19.8 Å². The fourth-order valence-electron chi connectivity index (χ4n) is 3.28. The normalized spacial score (nSPS) is 11.1. The number of nitrogens with one attached hydrogen (secondary N) is 2. The Balaban J connectivity index is 1.72. The molecule has 1 amide bonds. The molecule has 7 heteroatoms. The number of carbonyl (C=O) groups is 1. The highest BCUT2D eigenvalue weighted by atomic mass is 127. The molecule has 2 aromatic carbocycles. The number of nitriles is 1. The van der Waals surface area contributed by atoms with E-state index in [2.05, 4.69) is 39.5 Å². The fraction of sp³-hybridized carbons (Fsp3) is 0.200. The quantitative estimate of drug-likeness (QED) is 0.164. The predicted molar refractivity (Wildman–Crippen MR) is 135 cm³/mol. The predicted octanol–water partition coefficient (Wildman–Crippen LogP) is 5.00. The lowest BCUT2D eigenvalue weighted by atomic mass is 10.1. The van der Waals surface area contributed by atoms with Gasteiger partial charge >= 0.3 is 0 Å². The van der Waals surface area contributed by atoms with Crippen molar-refractivity contribution in [1.82, 2.24) is 10.3 Å². The zero-order valence-electron chi connectivity index (χ0n) is 17.8. The summed E-state index contributed by atoms with van der Waals surface area (Å²) in [4.78, 5) is 15.8. The number of halogens is 1. The van der Waals surface area contributed by atoms with Gasteiger partial charge in [0.2, 0.25) is 0 Å². The number of ether oxygens (including phenoxy) is 2. The number of hydrogen-bond donors (Lipinski definition) is 2. The second-order valence-corrected chi connectivity index (χ2v) is 8.06. The topological polar surface area (TPSA) is 87.1 Å². The number of H-pyrrole nitrogens is 1. The van der Waals surface area contributed by atoms with Gasteiger partial charge in [-0.05, 0) is 71.3 Å². The van der Waals surface area contributed by atoms with Crippen molar-refractivity contribution in [2.75, 3.05) is 19.8 Å². The van der Waals surface area contributed by atoms with E-state index in [1.165, 1.54) is 0 Å². The van der Waals surface area contributed by atoms with E-state index in [4.69, 9.17) is 9.47 Å². The molecule has 0 bridgehead atoms. The first-order valence-electron chi connectivity index (χ1n) is 10.2. The number of rotatable bonds is 10. The lowest BCUT2D eigenvalue weighted by molar-refractivity contribution is -0.117. The van der Waals surface area contributed by atoms with Crippen molar-refractivity contribution in [3.8, 4) is 17.6 Å². The van der Waals surface area contributed by atoms with E-state index in [-0.39, 0.29) is 5.57 Å². The number of benzene rings is 2. The second-order valence-electron chi connectivity index (χ2n) is 6.90. The molecule has 1 heterocycles. The second kappa shape index (κ2) is 11.4. The smallest absolute Gasteiger partial charge is 0.261 e. The van der Waals surface area contributed by atoms with Crippen LogP contribution in [0.3, 0.4) is 0 Å². The number of hydrogen-bond acceptors (Lipinski definition) is 4. The van der Waals surface area contributed by atoms with E-state index in [0.29, 0.717) is 43.2 Å². The summed E-state index contributed by atoms with van der Waals surface area (Å²) in [6.45, 7) is 6.79. The number of para-hydroxylation sites is 1. The molecule has 0 atom stereocenters. The fourth-order valence-corrected chi connectivity index (χ4v) is 4.06. The summed E-state index contributed by atoms with van der Waals surface area (Å²) < 4.78 is 12.2. The third-order valence-corrected chi connectivity index (χ3v) is 5.51. The molecular weight excluding hydrogens is 517 g/mol. The van der Waals surface area contributed by atoms with Crippen LogP contribution in [0.5, 0.6) is 11.5 Å². The maximum atomic E-state index is 12.6. The Hall–Kier alpha value is -3.25. The lowest BCUT2D eigenvalue weighted by Gasteiger charge is -2.14. The van der Waals surface area contributed by atoms with Crippen molar-refractivity contribution < 1.29 is 14.3 Å². The van der Waals surface area contributed by atoms with Crippen LogP contribution in [0.15, 0.2) is 60.8 Å². The number of amides is 1. The summed E-state index contributed by atoms with van der Waals surface area (Å²) in [6, 6.07) is 13.6. The average Bonchev–Trinajstić information content (AvgIpc) is 3.20. The van der Waals surface area contributed by atoms with Gasteiger partial charge in [-0.3, -0.25) is 4.79 Å². The molecule has 2 N–H and O–H groups in total. The number of aromatic amines is 1. The SMILES string of the molecule is C=CCOc1c(I)cc(/C=C(/C#N)C(=O)NCCc2c[nH]c3ccccc23)cc1OCC. The number of nitrogens with zero attached hydrogens (tertiary/aromatic N) is 1. The van der Waals surface area contributed by atoms with E-state index in [1.54, 1.807) is 18.2 Å². The monoisotopic (exact) mass is 541 g/mol. The molecule has 32 heavy (non-hydrogen) atoms. The molecule has 0 saturated carbocycles. The first-order valence-corrected chi connectivity index (χ1v) is 11.3. The van der Waals surface area contributed by atoms with E-state index in [9.17, 15) is 10.1 Å². The summed E-state index contributed by atoms with van der Waals surface area (Å²) in [5.41, 5.74) is 2.90. The highest BCUT2D eigenvalue weighted by Crippen LogP contribution is 2.35. The summed E-state index contributed by atoms with van der Waals surface area (Å²) >= 11 is 2.15. The van der Waals surface area contributed by atoms with Gasteiger partial charge in [0, 0.05) is 23.6 Å². The summed E-state index contributed by atoms with van der Waals surface area (Å²) in [7, 11) is 0. The molecule has 0 fully saturated rings. The van der Waals surface area contributed by atoms with Crippen LogP contribution in [0.2, 0.25) is 0 Å². The van der Waals surface area contributed by atoms with Gasteiger partial charge in [-0.2, -0.15) is 5.26 Å². The third kappa shape index (κ3) is 5.71. The van der Waals surface area contributed by atoms with Crippen LogP contribution < -0.4 is 14.8 Å². The van der Waals surface area contributed by atoms with Crippen LogP contribution in [0.25, 0.3) is 17.0 Å². The summed E-state index contributed by atoms with van der Waals surface area (Å²) in [6.07, 6.45) is 5.83. The van der Waals surface area contributed by atoms with Gasteiger partial charge in [-0.15, -0.1) is 0 Å². The van der Waals surface area contributed by atoms with Gasteiger partial charge in [0.05, 0.1) is 10.2 Å². The Labute approximate surface area is 201 Å². The molecule has 0 radical (unpaired) electrons. The Morgan fingerprint density at radius 1 is 1.31 bits per heavy atom. The Morgan fingerprint density at radius 3 is 2.88 bits per heavy atom. The zero-order chi connectivity index (χ0) is 22.9. The van der Waals surface area contributed by atoms with Gasteiger partial charge in [-0.25, -0.2) is 0 Å².